The standard InChI is InChI=1S/C10H12Cl2O3S/c1-8-2-4-10(5-3-8)16(13,14)15-9(6-11)7-12/h2-5,9H,6-7H2,1H3. The van der Waals surface area contributed by atoms with Gasteiger partial charge in [-0.25, -0.2) is 0 Å². The van der Waals surface area contributed by atoms with Crippen molar-refractivity contribution in [3.05, 3.63) is 29.8 Å². The van der Waals surface area contributed by atoms with Crippen molar-refractivity contribution in [2.24, 2.45) is 0 Å². The molecule has 0 aliphatic heterocycles. The molecule has 16 heavy (non-hydrogen) atoms. The lowest BCUT2D eigenvalue weighted by Crippen LogP contribution is -2.21. The first-order chi connectivity index (χ1) is 7.49. The molecule has 0 amide bonds. The Hall–Kier alpha value is -0.290. The molecule has 1 aromatic rings. The molecule has 90 valence electrons. The van der Waals surface area contributed by atoms with Gasteiger partial charge in [-0.1, -0.05) is 17.7 Å². The van der Waals surface area contributed by atoms with Crippen molar-refractivity contribution in [2.45, 2.75) is 17.9 Å². The second-order valence-electron chi connectivity index (χ2n) is 3.29. The van der Waals surface area contributed by atoms with Crippen LogP contribution in [0.2, 0.25) is 0 Å². The van der Waals surface area contributed by atoms with Gasteiger partial charge in [0, 0.05) is 0 Å². The summed E-state index contributed by atoms with van der Waals surface area (Å²) in [5, 5.41) is 0. The molecule has 0 aliphatic rings. The van der Waals surface area contributed by atoms with Gasteiger partial charge in [0.1, 0.15) is 6.10 Å². The van der Waals surface area contributed by atoms with Crippen LogP contribution in [0.3, 0.4) is 0 Å². The van der Waals surface area contributed by atoms with Crippen LogP contribution in [0.4, 0.5) is 0 Å². The molecule has 0 fully saturated rings. The van der Waals surface area contributed by atoms with Gasteiger partial charge in [-0.15, -0.1) is 23.2 Å². The molecule has 1 rings (SSSR count). The second-order valence-corrected chi connectivity index (χ2v) is 5.48. The molecule has 0 bridgehead atoms. The molecule has 0 heterocycles. The van der Waals surface area contributed by atoms with Crippen molar-refractivity contribution in [1.29, 1.82) is 0 Å². The number of halogens is 2. The third kappa shape index (κ3) is 3.63. The molecule has 0 N–H and O–H groups in total. The summed E-state index contributed by atoms with van der Waals surface area (Å²) in [5.41, 5.74) is 0.977. The van der Waals surface area contributed by atoms with Gasteiger partial charge in [0.2, 0.25) is 0 Å². The van der Waals surface area contributed by atoms with Gasteiger partial charge >= 0.3 is 0 Å². The maximum Gasteiger partial charge on any atom is 0.297 e. The van der Waals surface area contributed by atoms with Crippen LogP contribution in [0.5, 0.6) is 0 Å². The van der Waals surface area contributed by atoms with Gasteiger partial charge in [-0.2, -0.15) is 8.42 Å². The molecule has 1 aromatic carbocycles. The van der Waals surface area contributed by atoms with Crippen LogP contribution >= 0.6 is 23.2 Å². The maximum absolute atomic E-state index is 11.7. The highest BCUT2D eigenvalue weighted by Crippen LogP contribution is 2.16. The summed E-state index contributed by atoms with van der Waals surface area (Å²) in [6, 6.07) is 6.38. The first-order valence-electron chi connectivity index (χ1n) is 4.61. The minimum absolute atomic E-state index is 0.0363. The van der Waals surface area contributed by atoms with E-state index in [9.17, 15) is 8.42 Å². The fourth-order valence-electron chi connectivity index (χ4n) is 1.03. The Morgan fingerprint density at radius 3 is 2.12 bits per heavy atom. The fourth-order valence-corrected chi connectivity index (χ4v) is 2.71. The van der Waals surface area contributed by atoms with E-state index in [1.165, 1.54) is 12.1 Å². The second kappa shape index (κ2) is 5.87. The van der Waals surface area contributed by atoms with E-state index in [1.54, 1.807) is 12.1 Å². The summed E-state index contributed by atoms with van der Waals surface area (Å²) in [6.45, 7) is 1.87. The monoisotopic (exact) mass is 282 g/mol. The molecule has 0 atom stereocenters. The molecule has 0 spiro atoms. The third-order valence-corrected chi connectivity index (χ3v) is 3.98. The molecule has 0 radical (unpaired) electrons. The third-order valence-electron chi connectivity index (χ3n) is 1.92. The molecule has 0 unspecified atom stereocenters. The van der Waals surface area contributed by atoms with Crippen molar-refractivity contribution in [2.75, 3.05) is 11.8 Å². The zero-order chi connectivity index (χ0) is 12.2. The lowest BCUT2D eigenvalue weighted by atomic mass is 10.2. The summed E-state index contributed by atoms with van der Waals surface area (Å²) in [6.07, 6.45) is -0.699. The highest BCUT2D eigenvalue weighted by Gasteiger charge is 2.20. The van der Waals surface area contributed by atoms with Gasteiger partial charge in [0.05, 0.1) is 16.7 Å². The smallest absolute Gasteiger partial charge is 0.260 e. The highest BCUT2D eigenvalue weighted by molar-refractivity contribution is 7.86. The molecule has 0 aliphatic carbocycles. The topological polar surface area (TPSA) is 43.4 Å². The van der Waals surface area contributed by atoms with E-state index in [2.05, 4.69) is 0 Å². The Morgan fingerprint density at radius 1 is 1.19 bits per heavy atom. The minimum atomic E-state index is -3.77. The Kier molecular flexibility index (Phi) is 5.05. The summed E-state index contributed by atoms with van der Waals surface area (Å²) < 4.78 is 28.3. The van der Waals surface area contributed by atoms with E-state index < -0.39 is 16.2 Å². The molecular weight excluding hydrogens is 271 g/mol. The van der Waals surface area contributed by atoms with E-state index in [0.29, 0.717) is 0 Å². The van der Waals surface area contributed by atoms with E-state index in [4.69, 9.17) is 27.4 Å². The number of alkyl halides is 2. The summed E-state index contributed by atoms with van der Waals surface area (Å²) >= 11 is 11.0. The molecular formula is C10H12Cl2O3S. The van der Waals surface area contributed by atoms with Gasteiger partial charge in [0.15, 0.2) is 0 Å². The van der Waals surface area contributed by atoms with Crippen molar-refractivity contribution < 1.29 is 12.6 Å². The fraction of sp³-hybridized carbons (Fsp3) is 0.400. The van der Waals surface area contributed by atoms with E-state index >= 15 is 0 Å². The quantitative estimate of drug-likeness (QED) is 0.616. The number of rotatable bonds is 5. The molecule has 0 saturated heterocycles. The number of benzene rings is 1. The lowest BCUT2D eigenvalue weighted by molar-refractivity contribution is 0.255. The SMILES string of the molecule is Cc1ccc(S(=O)(=O)OC(CCl)CCl)cc1. The average molecular weight is 283 g/mol. The highest BCUT2D eigenvalue weighted by atomic mass is 35.5. The van der Waals surface area contributed by atoms with Crippen LogP contribution in [0.1, 0.15) is 5.56 Å². The van der Waals surface area contributed by atoms with Crippen LogP contribution in [0.15, 0.2) is 29.2 Å². The zero-order valence-corrected chi connectivity index (χ0v) is 11.0. The molecule has 6 heteroatoms. The van der Waals surface area contributed by atoms with Crippen LogP contribution < -0.4 is 0 Å². The van der Waals surface area contributed by atoms with Crippen molar-refractivity contribution in [3.8, 4) is 0 Å². The van der Waals surface area contributed by atoms with Gasteiger partial charge in [-0.05, 0) is 19.1 Å². The molecule has 3 nitrogen and oxygen atoms in total. The minimum Gasteiger partial charge on any atom is -0.260 e. The van der Waals surface area contributed by atoms with Gasteiger partial charge < -0.3 is 0 Å². The Balaban J connectivity index is 2.89. The zero-order valence-electron chi connectivity index (χ0n) is 8.69. The number of hydrogen-bond acceptors (Lipinski definition) is 3. The predicted molar refractivity (Wildman–Crippen MR) is 64.7 cm³/mol. The Morgan fingerprint density at radius 2 is 1.69 bits per heavy atom. The first-order valence-corrected chi connectivity index (χ1v) is 7.09. The van der Waals surface area contributed by atoms with Crippen LogP contribution in [-0.4, -0.2) is 26.3 Å². The first kappa shape index (κ1) is 13.8. The van der Waals surface area contributed by atoms with Crippen LogP contribution in [0.25, 0.3) is 0 Å². The summed E-state index contributed by atoms with van der Waals surface area (Å²) in [7, 11) is -3.77. The predicted octanol–water partition coefficient (Wildman–Crippen LogP) is 2.55. The molecule has 0 saturated carbocycles. The molecule has 0 aromatic heterocycles. The van der Waals surface area contributed by atoms with Crippen molar-refractivity contribution in [3.63, 3.8) is 0 Å². The van der Waals surface area contributed by atoms with Gasteiger partial charge in [-0.3, -0.25) is 4.18 Å². The van der Waals surface area contributed by atoms with Crippen LogP contribution in [-0.2, 0) is 14.3 Å². The lowest BCUT2D eigenvalue weighted by Gasteiger charge is -2.11. The van der Waals surface area contributed by atoms with E-state index in [0.717, 1.165) is 5.56 Å². The normalized spacial score (nSPS) is 12.0. The average Bonchev–Trinajstić information content (AvgIpc) is 2.26. The summed E-state index contributed by atoms with van der Waals surface area (Å²) in [4.78, 5) is 0.110. The van der Waals surface area contributed by atoms with Gasteiger partial charge in [0.25, 0.3) is 10.1 Å². The van der Waals surface area contributed by atoms with E-state index in [-0.39, 0.29) is 16.7 Å². The number of aryl methyl sites for hydroxylation is 1. The van der Waals surface area contributed by atoms with Crippen molar-refractivity contribution >= 4 is 33.3 Å². The van der Waals surface area contributed by atoms with Crippen LogP contribution in [0, 0.1) is 6.92 Å². The van der Waals surface area contributed by atoms with E-state index in [1.807, 2.05) is 6.92 Å². The number of hydrogen-bond donors (Lipinski definition) is 0. The maximum atomic E-state index is 11.7. The Bertz CT molecular complexity index is 424. The largest absolute Gasteiger partial charge is 0.297 e. The summed E-state index contributed by atoms with van der Waals surface area (Å²) in [5.74, 6) is 0.0726. The van der Waals surface area contributed by atoms with Crippen molar-refractivity contribution in [1.82, 2.24) is 0 Å². The Labute approximate surface area is 105 Å².